The topological polar surface area (TPSA) is 42.2 Å². The molecule has 0 bridgehead atoms. The fourth-order valence-corrected chi connectivity index (χ4v) is 1.84. The van der Waals surface area contributed by atoms with Crippen LogP contribution in [-0.4, -0.2) is 18.6 Å². The van der Waals surface area contributed by atoms with E-state index in [0.717, 1.165) is 35.4 Å². The Morgan fingerprint density at radius 2 is 2.27 bits per heavy atom. The van der Waals surface area contributed by atoms with Gasteiger partial charge in [0.15, 0.2) is 0 Å². The van der Waals surface area contributed by atoms with Crippen LogP contribution < -0.4 is 10.6 Å². The summed E-state index contributed by atoms with van der Waals surface area (Å²) in [5.74, 6) is 2.71. The van der Waals surface area contributed by atoms with Crippen LogP contribution in [0.1, 0.15) is 18.9 Å². The molecule has 0 spiro atoms. The van der Waals surface area contributed by atoms with Crippen LogP contribution in [0, 0.1) is 18.8 Å². The van der Waals surface area contributed by atoms with Crippen molar-refractivity contribution in [2.75, 3.05) is 24.2 Å². The van der Waals surface area contributed by atoms with Crippen LogP contribution in [0.25, 0.3) is 0 Å². The maximum Gasteiger partial charge on any atom is 0.130 e. The summed E-state index contributed by atoms with van der Waals surface area (Å²) in [5, 5.41) is 0. The molecule has 1 aromatic rings. The first-order valence-corrected chi connectivity index (χ1v) is 5.51. The second-order valence-corrected chi connectivity index (χ2v) is 4.75. The first-order chi connectivity index (χ1) is 7.08. The molecular weight excluding hydrogens is 186 g/mol. The van der Waals surface area contributed by atoms with Gasteiger partial charge in [-0.05, 0) is 30.7 Å². The van der Waals surface area contributed by atoms with E-state index >= 15 is 0 Å². The molecule has 2 rings (SSSR count). The van der Waals surface area contributed by atoms with Crippen molar-refractivity contribution in [3.63, 3.8) is 0 Å². The van der Waals surface area contributed by atoms with Gasteiger partial charge >= 0.3 is 0 Å². The van der Waals surface area contributed by atoms with Gasteiger partial charge in [0.25, 0.3) is 0 Å². The highest BCUT2D eigenvalue weighted by atomic mass is 15.2. The number of aromatic nitrogens is 1. The minimum atomic E-state index is 0.829. The van der Waals surface area contributed by atoms with E-state index in [-0.39, 0.29) is 0 Å². The van der Waals surface area contributed by atoms with E-state index in [1.165, 1.54) is 6.42 Å². The average Bonchev–Trinajstić information content (AvgIpc) is 2.86. The molecule has 3 heteroatoms. The monoisotopic (exact) mass is 205 g/mol. The normalized spacial score (nSPS) is 23.9. The van der Waals surface area contributed by atoms with Gasteiger partial charge < -0.3 is 10.6 Å². The van der Waals surface area contributed by atoms with Crippen molar-refractivity contribution in [3.05, 3.63) is 17.8 Å². The molecule has 3 nitrogen and oxygen atoms in total. The van der Waals surface area contributed by atoms with E-state index in [4.69, 9.17) is 5.73 Å². The summed E-state index contributed by atoms with van der Waals surface area (Å²) in [6.45, 7) is 5.38. The van der Waals surface area contributed by atoms with E-state index < -0.39 is 0 Å². The summed E-state index contributed by atoms with van der Waals surface area (Å²) >= 11 is 0. The summed E-state index contributed by atoms with van der Waals surface area (Å²) in [7, 11) is 2.09. The third-order valence-corrected chi connectivity index (χ3v) is 3.31. The number of rotatable bonds is 3. The SMILES string of the molecule is Cc1cnc(N(C)CC2CC2C)cc1N. The van der Waals surface area contributed by atoms with Gasteiger partial charge in [-0.2, -0.15) is 0 Å². The molecule has 2 atom stereocenters. The first kappa shape index (κ1) is 10.3. The van der Waals surface area contributed by atoms with Crippen LogP contribution in [0.4, 0.5) is 11.5 Å². The van der Waals surface area contributed by atoms with Crippen molar-refractivity contribution >= 4 is 11.5 Å². The summed E-state index contributed by atoms with van der Waals surface area (Å²) in [6.07, 6.45) is 3.20. The standard InChI is InChI=1S/C12H19N3/c1-8-4-10(8)7-15(3)12-5-11(13)9(2)6-14-12/h5-6,8,10H,4,7H2,1-3H3,(H2,13,14). The number of nitrogens with two attached hydrogens (primary N) is 1. The third kappa shape index (κ3) is 2.22. The molecule has 15 heavy (non-hydrogen) atoms. The summed E-state index contributed by atoms with van der Waals surface area (Å²) in [6, 6.07) is 1.96. The summed E-state index contributed by atoms with van der Waals surface area (Å²) in [5.41, 5.74) is 7.74. The minimum Gasteiger partial charge on any atom is -0.398 e. The Hall–Kier alpha value is -1.25. The smallest absolute Gasteiger partial charge is 0.130 e. The Kier molecular flexibility index (Phi) is 2.55. The Bertz CT molecular complexity index is 362. The van der Waals surface area contributed by atoms with Crippen LogP contribution >= 0.6 is 0 Å². The van der Waals surface area contributed by atoms with Gasteiger partial charge in [-0.25, -0.2) is 4.98 Å². The lowest BCUT2D eigenvalue weighted by Gasteiger charge is -2.18. The van der Waals surface area contributed by atoms with Crippen LogP contribution in [0.2, 0.25) is 0 Å². The third-order valence-electron chi connectivity index (χ3n) is 3.31. The second-order valence-electron chi connectivity index (χ2n) is 4.75. The number of hydrogen-bond donors (Lipinski definition) is 1. The van der Waals surface area contributed by atoms with Gasteiger partial charge in [0, 0.05) is 31.5 Å². The number of hydrogen-bond acceptors (Lipinski definition) is 3. The molecule has 1 aliphatic rings. The van der Waals surface area contributed by atoms with Gasteiger partial charge in [-0.1, -0.05) is 6.92 Å². The van der Waals surface area contributed by atoms with Crippen molar-refractivity contribution in [2.45, 2.75) is 20.3 Å². The number of pyridine rings is 1. The lowest BCUT2D eigenvalue weighted by atomic mass is 10.2. The van der Waals surface area contributed by atoms with Gasteiger partial charge in [0.05, 0.1) is 0 Å². The molecule has 2 unspecified atom stereocenters. The average molecular weight is 205 g/mol. The van der Waals surface area contributed by atoms with E-state index in [1.54, 1.807) is 0 Å². The Balaban J connectivity index is 2.04. The predicted molar refractivity (Wildman–Crippen MR) is 63.9 cm³/mol. The zero-order valence-corrected chi connectivity index (χ0v) is 9.70. The minimum absolute atomic E-state index is 0.829. The molecular formula is C12H19N3. The Morgan fingerprint density at radius 1 is 1.60 bits per heavy atom. The van der Waals surface area contributed by atoms with Crippen LogP contribution in [0.5, 0.6) is 0 Å². The highest BCUT2D eigenvalue weighted by Gasteiger charge is 2.33. The molecule has 1 aromatic heterocycles. The molecule has 0 saturated heterocycles. The molecule has 0 aromatic carbocycles. The fourth-order valence-electron chi connectivity index (χ4n) is 1.84. The molecule has 0 aliphatic heterocycles. The molecule has 1 saturated carbocycles. The first-order valence-electron chi connectivity index (χ1n) is 5.51. The fraction of sp³-hybridized carbons (Fsp3) is 0.583. The van der Waals surface area contributed by atoms with Crippen molar-refractivity contribution in [1.82, 2.24) is 4.98 Å². The maximum absolute atomic E-state index is 5.87. The van der Waals surface area contributed by atoms with Crippen LogP contribution in [0.15, 0.2) is 12.3 Å². The van der Waals surface area contributed by atoms with Crippen LogP contribution in [0.3, 0.4) is 0 Å². The molecule has 1 aliphatic carbocycles. The van der Waals surface area contributed by atoms with Crippen molar-refractivity contribution in [3.8, 4) is 0 Å². The van der Waals surface area contributed by atoms with Gasteiger partial charge in [0.1, 0.15) is 5.82 Å². The lowest BCUT2D eigenvalue weighted by Crippen LogP contribution is -2.21. The van der Waals surface area contributed by atoms with E-state index in [2.05, 4.69) is 23.9 Å². The molecule has 0 amide bonds. The second kappa shape index (κ2) is 3.72. The van der Waals surface area contributed by atoms with Gasteiger partial charge in [0.2, 0.25) is 0 Å². The van der Waals surface area contributed by atoms with Gasteiger partial charge in [-0.15, -0.1) is 0 Å². The molecule has 1 heterocycles. The number of nitrogens with zero attached hydrogens (tertiary/aromatic N) is 2. The number of aryl methyl sites for hydroxylation is 1. The molecule has 0 radical (unpaired) electrons. The summed E-state index contributed by atoms with van der Waals surface area (Å²) in [4.78, 5) is 6.59. The quantitative estimate of drug-likeness (QED) is 0.821. The summed E-state index contributed by atoms with van der Waals surface area (Å²) < 4.78 is 0. The maximum atomic E-state index is 5.87. The van der Waals surface area contributed by atoms with Gasteiger partial charge in [-0.3, -0.25) is 0 Å². The van der Waals surface area contributed by atoms with E-state index in [1.807, 2.05) is 19.2 Å². The van der Waals surface area contributed by atoms with E-state index in [0.29, 0.717) is 0 Å². The highest BCUT2D eigenvalue weighted by molar-refractivity contribution is 5.54. The van der Waals surface area contributed by atoms with Crippen molar-refractivity contribution in [2.24, 2.45) is 11.8 Å². The number of nitrogen functional groups attached to an aromatic ring is 1. The molecule has 82 valence electrons. The molecule has 1 fully saturated rings. The predicted octanol–water partition coefficient (Wildman–Crippen LogP) is 2.06. The van der Waals surface area contributed by atoms with Crippen LogP contribution in [-0.2, 0) is 0 Å². The molecule has 2 N–H and O–H groups in total. The lowest BCUT2D eigenvalue weighted by molar-refractivity contribution is 0.719. The Labute approximate surface area is 91.3 Å². The van der Waals surface area contributed by atoms with Crippen molar-refractivity contribution < 1.29 is 0 Å². The van der Waals surface area contributed by atoms with E-state index in [9.17, 15) is 0 Å². The zero-order valence-electron chi connectivity index (χ0n) is 9.70. The zero-order chi connectivity index (χ0) is 11.0. The highest BCUT2D eigenvalue weighted by Crippen LogP contribution is 2.38. The van der Waals surface area contributed by atoms with Crippen molar-refractivity contribution in [1.29, 1.82) is 0 Å². The Morgan fingerprint density at radius 3 is 2.80 bits per heavy atom. The largest absolute Gasteiger partial charge is 0.398 e. The number of anilines is 2.